The van der Waals surface area contributed by atoms with Gasteiger partial charge in [0.15, 0.2) is 5.96 Å². The summed E-state index contributed by atoms with van der Waals surface area (Å²) in [5.41, 5.74) is 1.08. The van der Waals surface area contributed by atoms with Gasteiger partial charge in [0.1, 0.15) is 18.2 Å². The third kappa shape index (κ3) is 7.01. The van der Waals surface area contributed by atoms with Crippen molar-refractivity contribution in [3.8, 4) is 5.75 Å². The molecule has 3 rings (SSSR count). The molecule has 0 radical (unpaired) electrons. The van der Waals surface area contributed by atoms with Crippen LogP contribution in [0.25, 0.3) is 0 Å². The Bertz CT molecular complexity index is 859. The molecule has 31 heavy (non-hydrogen) atoms. The van der Waals surface area contributed by atoms with Crippen LogP contribution in [0, 0.1) is 0 Å². The molecule has 168 valence electrons. The molecule has 0 spiro atoms. The number of anilines is 1. The number of nitrogens with one attached hydrogen (secondary N) is 2. The lowest BCUT2D eigenvalue weighted by Gasteiger charge is -2.20. The minimum Gasteiger partial charge on any atom is -0.492 e. The second kappa shape index (κ2) is 11.8. The molecule has 0 bridgehead atoms. The third-order valence-electron chi connectivity index (χ3n) is 5.09. The second-order valence-electron chi connectivity index (χ2n) is 7.84. The van der Waals surface area contributed by atoms with Gasteiger partial charge >= 0.3 is 0 Å². The van der Waals surface area contributed by atoms with Gasteiger partial charge in [-0.1, -0.05) is 29.8 Å². The molecule has 1 atom stereocenters. The number of nitrogens with zero attached hydrogens (tertiary/aromatic N) is 4. The Morgan fingerprint density at radius 2 is 2.13 bits per heavy atom. The number of aliphatic imine (C=N–C) groups is 1. The van der Waals surface area contributed by atoms with Gasteiger partial charge in [-0.2, -0.15) is 0 Å². The molecule has 1 saturated heterocycles. The molecule has 2 aromatic rings. The minimum absolute atomic E-state index is 0.280. The molecule has 0 saturated carbocycles. The number of hydrogen-bond acceptors (Lipinski definition) is 5. The third-order valence-corrected chi connectivity index (χ3v) is 5.38. The SMILES string of the molecule is CCNC(=NCc1ccccc1OCCN(C)C)NC1CCN(c2ncccc2Cl)C1. The number of pyridine rings is 1. The summed E-state index contributed by atoms with van der Waals surface area (Å²) in [7, 11) is 4.08. The van der Waals surface area contributed by atoms with E-state index >= 15 is 0 Å². The number of guanidine groups is 1. The summed E-state index contributed by atoms with van der Waals surface area (Å²) < 4.78 is 5.97. The van der Waals surface area contributed by atoms with Gasteiger partial charge in [-0.25, -0.2) is 9.98 Å². The van der Waals surface area contributed by atoms with Crippen molar-refractivity contribution in [3.63, 3.8) is 0 Å². The lowest BCUT2D eigenvalue weighted by molar-refractivity contribution is 0.259. The lowest BCUT2D eigenvalue weighted by Crippen LogP contribution is -2.44. The lowest BCUT2D eigenvalue weighted by atomic mass is 10.2. The number of halogens is 1. The average molecular weight is 445 g/mol. The number of benzene rings is 1. The Hall–Kier alpha value is -2.51. The zero-order valence-corrected chi connectivity index (χ0v) is 19.4. The molecule has 1 aromatic carbocycles. The fraction of sp³-hybridized carbons (Fsp3) is 0.478. The molecule has 1 aliphatic rings. The van der Waals surface area contributed by atoms with E-state index in [1.807, 2.05) is 44.4 Å². The van der Waals surface area contributed by atoms with Crippen LogP contribution in [0.4, 0.5) is 5.82 Å². The van der Waals surface area contributed by atoms with Crippen LogP contribution in [0.1, 0.15) is 18.9 Å². The van der Waals surface area contributed by atoms with Crippen molar-refractivity contribution < 1.29 is 4.74 Å². The molecule has 8 heteroatoms. The van der Waals surface area contributed by atoms with Crippen molar-refractivity contribution in [2.75, 3.05) is 51.8 Å². The van der Waals surface area contributed by atoms with Crippen LogP contribution in [0.2, 0.25) is 5.02 Å². The standard InChI is InChI=1S/C23H33ClN6O/c1-4-25-23(27-16-18-8-5-6-10-21(18)31-15-14-29(2)3)28-19-11-13-30(17-19)22-20(24)9-7-12-26-22/h5-10,12,19H,4,11,13-17H2,1-3H3,(H2,25,27,28). The van der Waals surface area contributed by atoms with E-state index in [4.69, 9.17) is 21.3 Å². The summed E-state index contributed by atoms with van der Waals surface area (Å²) >= 11 is 6.32. The van der Waals surface area contributed by atoms with Crippen LogP contribution in [0.3, 0.4) is 0 Å². The summed E-state index contributed by atoms with van der Waals surface area (Å²) in [5, 5.41) is 7.61. The average Bonchev–Trinajstić information content (AvgIpc) is 3.21. The van der Waals surface area contributed by atoms with E-state index in [0.717, 1.165) is 55.7 Å². The zero-order valence-electron chi connectivity index (χ0n) is 18.6. The monoisotopic (exact) mass is 444 g/mol. The molecule has 1 aliphatic heterocycles. The molecule has 0 aliphatic carbocycles. The van der Waals surface area contributed by atoms with E-state index in [9.17, 15) is 0 Å². The van der Waals surface area contributed by atoms with Crippen molar-refractivity contribution in [2.24, 2.45) is 4.99 Å². The van der Waals surface area contributed by atoms with Crippen LogP contribution in [-0.2, 0) is 6.54 Å². The number of para-hydroxylation sites is 1. The number of rotatable bonds is 9. The first-order valence-corrected chi connectivity index (χ1v) is 11.2. The van der Waals surface area contributed by atoms with Gasteiger partial charge < -0.3 is 25.2 Å². The fourth-order valence-electron chi connectivity index (χ4n) is 3.47. The molecule has 1 unspecified atom stereocenters. The highest BCUT2D eigenvalue weighted by molar-refractivity contribution is 6.32. The highest BCUT2D eigenvalue weighted by Gasteiger charge is 2.25. The van der Waals surface area contributed by atoms with Crippen molar-refractivity contribution >= 4 is 23.4 Å². The van der Waals surface area contributed by atoms with Crippen molar-refractivity contribution in [1.82, 2.24) is 20.5 Å². The van der Waals surface area contributed by atoms with E-state index in [0.29, 0.717) is 18.2 Å². The first kappa shape index (κ1) is 23.2. The van der Waals surface area contributed by atoms with Crippen LogP contribution < -0.4 is 20.3 Å². The predicted molar refractivity (Wildman–Crippen MR) is 128 cm³/mol. The van der Waals surface area contributed by atoms with E-state index in [2.05, 4.69) is 38.4 Å². The molecular formula is C23H33ClN6O. The normalized spacial score (nSPS) is 16.6. The highest BCUT2D eigenvalue weighted by Crippen LogP contribution is 2.25. The Labute approximate surface area is 190 Å². The summed E-state index contributed by atoms with van der Waals surface area (Å²) in [6.45, 7) is 6.71. The first-order chi connectivity index (χ1) is 15.1. The van der Waals surface area contributed by atoms with Crippen LogP contribution in [0.5, 0.6) is 5.75 Å². The Morgan fingerprint density at radius 3 is 2.90 bits per heavy atom. The van der Waals surface area contributed by atoms with Crippen molar-refractivity contribution in [2.45, 2.75) is 25.9 Å². The van der Waals surface area contributed by atoms with Gasteiger partial charge in [-0.3, -0.25) is 0 Å². The van der Waals surface area contributed by atoms with E-state index < -0.39 is 0 Å². The van der Waals surface area contributed by atoms with Crippen LogP contribution in [0.15, 0.2) is 47.6 Å². The van der Waals surface area contributed by atoms with Crippen molar-refractivity contribution in [1.29, 1.82) is 0 Å². The van der Waals surface area contributed by atoms with Crippen LogP contribution in [-0.4, -0.2) is 68.8 Å². The first-order valence-electron chi connectivity index (χ1n) is 10.8. The molecule has 1 aromatic heterocycles. The maximum atomic E-state index is 6.32. The zero-order chi connectivity index (χ0) is 22.1. The second-order valence-corrected chi connectivity index (χ2v) is 8.25. The van der Waals surface area contributed by atoms with Gasteiger partial charge in [0, 0.05) is 44.0 Å². The fourth-order valence-corrected chi connectivity index (χ4v) is 3.71. The van der Waals surface area contributed by atoms with Gasteiger partial charge in [-0.15, -0.1) is 0 Å². The maximum absolute atomic E-state index is 6.32. The Morgan fingerprint density at radius 1 is 1.29 bits per heavy atom. The molecule has 2 N–H and O–H groups in total. The Balaban J connectivity index is 1.60. The topological polar surface area (TPSA) is 65.0 Å². The van der Waals surface area contributed by atoms with Gasteiger partial charge in [0.05, 0.1) is 11.6 Å². The Kier molecular flexibility index (Phi) is 8.79. The van der Waals surface area contributed by atoms with Crippen LogP contribution >= 0.6 is 11.6 Å². The van der Waals surface area contributed by atoms with Gasteiger partial charge in [0.25, 0.3) is 0 Å². The molecule has 0 amide bonds. The van der Waals surface area contributed by atoms with E-state index in [1.54, 1.807) is 6.20 Å². The van der Waals surface area contributed by atoms with E-state index in [-0.39, 0.29) is 6.04 Å². The predicted octanol–water partition coefficient (Wildman–Crippen LogP) is 3.01. The largest absolute Gasteiger partial charge is 0.492 e. The molecule has 1 fully saturated rings. The number of likely N-dealkylation sites (N-methyl/N-ethyl adjacent to an activating group) is 1. The minimum atomic E-state index is 0.280. The number of ether oxygens (including phenoxy) is 1. The quantitative estimate of drug-likeness (QED) is 0.458. The summed E-state index contributed by atoms with van der Waals surface area (Å²) in [5.74, 6) is 2.55. The van der Waals surface area contributed by atoms with Gasteiger partial charge in [0.2, 0.25) is 0 Å². The maximum Gasteiger partial charge on any atom is 0.191 e. The summed E-state index contributed by atoms with van der Waals surface area (Å²) in [6.07, 6.45) is 2.78. The smallest absolute Gasteiger partial charge is 0.191 e. The van der Waals surface area contributed by atoms with Crippen molar-refractivity contribution in [3.05, 3.63) is 53.2 Å². The number of hydrogen-bond donors (Lipinski definition) is 2. The molecular weight excluding hydrogens is 412 g/mol. The van der Waals surface area contributed by atoms with E-state index in [1.165, 1.54) is 0 Å². The van der Waals surface area contributed by atoms with Gasteiger partial charge in [-0.05, 0) is 45.6 Å². The molecule has 7 nitrogen and oxygen atoms in total. The highest BCUT2D eigenvalue weighted by atomic mass is 35.5. The summed E-state index contributed by atoms with van der Waals surface area (Å²) in [4.78, 5) is 13.6. The summed E-state index contributed by atoms with van der Waals surface area (Å²) in [6, 6.07) is 12.1. The molecule has 2 heterocycles. The number of aromatic nitrogens is 1.